The minimum Gasteiger partial charge on any atom is -0.353 e. The lowest BCUT2D eigenvalue weighted by Crippen LogP contribution is -2.44. The van der Waals surface area contributed by atoms with Crippen molar-refractivity contribution in [3.05, 3.63) is 29.8 Å². The van der Waals surface area contributed by atoms with Crippen LogP contribution in [0.3, 0.4) is 0 Å². The van der Waals surface area contributed by atoms with Gasteiger partial charge in [-0.25, -0.2) is 8.42 Å². The van der Waals surface area contributed by atoms with Crippen LogP contribution in [0.5, 0.6) is 0 Å². The Hall–Kier alpha value is -2.09. The van der Waals surface area contributed by atoms with Crippen LogP contribution in [-0.2, 0) is 14.8 Å². The third-order valence-corrected chi connectivity index (χ3v) is 5.20. The fraction of sp³-hybridized carbons (Fsp3) is 0.556. The number of rotatable bonds is 6. The fourth-order valence-corrected chi connectivity index (χ4v) is 3.45. The average Bonchev–Trinajstić information content (AvgIpc) is 2.60. The minimum absolute atomic E-state index is 0.0469. The highest BCUT2D eigenvalue weighted by Crippen LogP contribution is 2.20. The van der Waals surface area contributed by atoms with Crippen molar-refractivity contribution in [1.82, 2.24) is 10.2 Å². The topological polar surface area (TPSA) is 95.6 Å². The predicted molar refractivity (Wildman–Crippen MR) is 101 cm³/mol. The summed E-state index contributed by atoms with van der Waals surface area (Å²) in [5, 5.41) is 3.00. The number of likely N-dealkylation sites (tertiary alicyclic amines) is 1. The first-order chi connectivity index (χ1) is 12.2. The highest BCUT2D eigenvalue weighted by atomic mass is 32.2. The van der Waals surface area contributed by atoms with Gasteiger partial charge in [-0.3, -0.25) is 14.3 Å². The molecule has 1 aromatic carbocycles. The first-order valence-electron chi connectivity index (χ1n) is 8.87. The van der Waals surface area contributed by atoms with E-state index in [9.17, 15) is 18.0 Å². The summed E-state index contributed by atoms with van der Waals surface area (Å²) in [7, 11) is -3.34. The lowest BCUT2D eigenvalue weighted by Gasteiger charge is -2.32. The molecule has 8 heteroatoms. The fourth-order valence-electron chi connectivity index (χ4n) is 2.89. The largest absolute Gasteiger partial charge is 0.353 e. The first kappa shape index (κ1) is 20.2. The van der Waals surface area contributed by atoms with Gasteiger partial charge in [0.15, 0.2) is 0 Å². The van der Waals surface area contributed by atoms with Gasteiger partial charge < -0.3 is 10.2 Å². The second-order valence-electron chi connectivity index (χ2n) is 6.84. The van der Waals surface area contributed by atoms with Gasteiger partial charge in [-0.1, -0.05) is 6.92 Å². The van der Waals surface area contributed by atoms with Crippen molar-refractivity contribution in [3.8, 4) is 0 Å². The zero-order valence-corrected chi connectivity index (χ0v) is 16.3. The summed E-state index contributed by atoms with van der Waals surface area (Å²) >= 11 is 0. The SMILES string of the molecule is CC[C@H](C)NC(=O)C1CCN(C(=O)c2ccc(NS(C)(=O)=O)cc2)CC1. The van der Waals surface area contributed by atoms with Crippen LogP contribution in [-0.4, -0.2) is 50.5 Å². The third kappa shape index (κ3) is 5.72. The Labute approximate surface area is 155 Å². The number of piperidine rings is 1. The number of benzene rings is 1. The molecule has 0 radical (unpaired) electrons. The molecule has 1 heterocycles. The second kappa shape index (κ2) is 8.53. The van der Waals surface area contributed by atoms with Gasteiger partial charge in [0.05, 0.1) is 6.26 Å². The maximum absolute atomic E-state index is 12.6. The number of carbonyl (C=O) groups is 2. The summed E-state index contributed by atoms with van der Waals surface area (Å²) in [5.41, 5.74) is 0.927. The molecule has 0 aromatic heterocycles. The molecule has 0 saturated carbocycles. The van der Waals surface area contributed by atoms with Crippen molar-refractivity contribution in [2.75, 3.05) is 24.1 Å². The van der Waals surface area contributed by atoms with Gasteiger partial charge in [-0.2, -0.15) is 0 Å². The Balaban J connectivity index is 1.91. The van der Waals surface area contributed by atoms with E-state index < -0.39 is 10.0 Å². The zero-order valence-electron chi connectivity index (χ0n) is 15.5. The molecule has 7 nitrogen and oxygen atoms in total. The van der Waals surface area contributed by atoms with Crippen molar-refractivity contribution < 1.29 is 18.0 Å². The minimum atomic E-state index is -3.34. The lowest BCUT2D eigenvalue weighted by atomic mass is 9.95. The highest BCUT2D eigenvalue weighted by Gasteiger charge is 2.28. The molecule has 1 aromatic rings. The smallest absolute Gasteiger partial charge is 0.253 e. The molecule has 0 unspecified atom stereocenters. The standard InChI is InChI=1S/C18H27N3O4S/c1-4-13(2)19-17(22)14-9-11-21(12-10-14)18(23)15-5-7-16(8-6-15)20-26(3,24)25/h5-8,13-14,20H,4,9-12H2,1-3H3,(H,19,22)/t13-/m0/s1. The molecule has 0 aliphatic carbocycles. The van der Waals surface area contributed by atoms with Crippen molar-refractivity contribution in [3.63, 3.8) is 0 Å². The summed E-state index contributed by atoms with van der Waals surface area (Å²) in [6.07, 6.45) is 3.28. The number of amides is 2. The van der Waals surface area contributed by atoms with E-state index in [1.807, 2.05) is 13.8 Å². The van der Waals surface area contributed by atoms with Gasteiger partial charge in [0, 0.05) is 36.3 Å². The van der Waals surface area contributed by atoms with Gasteiger partial charge in [0.25, 0.3) is 5.91 Å². The van der Waals surface area contributed by atoms with Crippen LogP contribution < -0.4 is 10.0 Å². The number of anilines is 1. The molecule has 2 N–H and O–H groups in total. The lowest BCUT2D eigenvalue weighted by molar-refractivity contribution is -0.126. The summed E-state index contributed by atoms with van der Waals surface area (Å²) in [6.45, 7) is 5.10. The van der Waals surface area contributed by atoms with E-state index in [1.165, 1.54) is 0 Å². The Kier molecular flexibility index (Phi) is 6.63. The summed E-state index contributed by atoms with van der Waals surface area (Å²) in [4.78, 5) is 26.5. The molecule has 1 fully saturated rings. The van der Waals surface area contributed by atoms with Crippen LogP contribution in [0.25, 0.3) is 0 Å². The maximum atomic E-state index is 12.6. The first-order valence-corrected chi connectivity index (χ1v) is 10.8. The van der Waals surface area contributed by atoms with E-state index in [2.05, 4.69) is 10.0 Å². The van der Waals surface area contributed by atoms with Gasteiger partial charge >= 0.3 is 0 Å². The molecule has 1 aliphatic rings. The van der Waals surface area contributed by atoms with Crippen LogP contribution >= 0.6 is 0 Å². The molecule has 2 rings (SSSR count). The zero-order chi connectivity index (χ0) is 19.3. The van der Waals surface area contributed by atoms with E-state index in [-0.39, 0.29) is 23.8 Å². The normalized spacial score (nSPS) is 16.8. The van der Waals surface area contributed by atoms with Gasteiger partial charge in [-0.05, 0) is 50.5 Å². The van der Waals surface area contributed by atoms with Crippen molar-refractivity contribution >= 4 is 27.5 Å². The maximum Gasteiger partial charge on any atom is 0.253 e. The number of sulfonamides is 1. The molecule has 2 amide bonds. The predicted octanol–water partition coefficient (Wildman–Crippen LogP) is 1.82. The Morgan fingerprint density at radius 3 is 2.27 bits per heavy atom. The number of hydrogen-bond acceptors (Lipinski definition) is 4. The molecular formula is C18H27N3O4S. The molecule has 26 heavy (non-hydrogen) atoms. The monoisotopic (exact) mass is 381 g/mol. The molecule has 144 valence electrons. The Bertz CT molecular complexity index is 738. The van der Waals surface area contributed by atoms with Crippen LogP contribution in [0.2, 0.25) is 0 Å². The molecule has 0 spiro atoms. The quantitative estimate of drug-likeness (QED) is 0.786. The number of hydrogen-bond donors (Lipinski definition) is 2. The van der Waals surface area contributed by atoms with E-state index in [1.54, 1.807) is 29.2 Å². The number of carbonyl (C=O) groups excluding carboxylic acids is 2. The molecule has 1 atom stereocenters. The third-order valence-electron chi connectivity index (χ3n) is 4.59. The van der Waals surface area contributed by atoms with Crippen LogP contribution in [0.15, 0.2) is 24.3 Å². The van der Waals surface area contributed by atoms with Crippen molar-refractivity contribution in [1.29, 1.82) is 0 Å². The summed E-state index contributed by atoms with van der Waals surface area (Å²) in [5.74, 6) is -0.0753. The van der Waals surface area contributed by atoms with Gasteiger partial charge in [-0.15, -0.1) is 0 Å². The van der Waals surface area contributed by atoms with E-state index >= 15 is 0 Å². The van der Waals surface area contributed by atoms with Crippen LogP contribution in [0.1, 0.15) is 43.5 Å². The van der Waals surface area contributed by atoms with Crippen LogP contribution in [0, 0.1) is 5.92 Å². The summed E-state index contributed by atoms with van der Waals surface area (Å²) < 4.78 is 24.8. The second-order valence-corrected chi connectivity index (χ2v) is 8.58. The molecular weight excluding hydrogens is 354 g/mol. The van der Waals surface area contributed by atoms with Crippen LogP contribution in [0.4, 0.5) is 5.69 Å². The van der Waals surface area contributed by atoms with Crippen molar-refractivity contribution in [2.45, 2.75) is 39.2 Å². The number of nitrogens with one attached hydrogen (secondary N) is 2. The van der Waals surface area contributed by atoms with Gasteiger partial charge in [0.1, 0.15) is 0 Å². The molecule has 1 saturated heterocycles. The van der Waals surface area contributed by atoms with Crippen molar-refractivity contribution in [2.24, 2.45) is 5.92 Å². The van der Waals surface area contributed by atoms with Gasteiger partial charge in [0.2, 0.25) is 15.9 Å². The highest BCUT2D eigenvalue weighted by molar-refractivity contribution is 7.92. The Morgan fingerprint density at radius 1 is 1.19 bits per heavy atom. The van der Waals surface area contributed by atoms with E-state index in [4.69, 9.17) is 0 Å². The van der Waals surface area contributed by atoms with E-state index in [0.717, 1.165) is 12.7 Å². The average molecular weight is 381 g/mol. The number of nitrogens with zero attached hydrogens (tertiary/aromatic N) is 1. The molecule has 1 aliphatic heterocycles. The summed E-state index contributed by atoms with van der Waals surface area (Å²) in [6, 6.07) is 6.53. The molecule has 0 bridgehead atoms. The Morgan fingerprint density at radius 2 is 1.77 bits per heavy atom. The van der Waals surface area contributed by atoms with E-state index in [0.29, 0.717) is 37.2 Å².